The number of aromatic nitrogens is 2. The summed E-state index contributed by atoms with van der Waals surface area (Å²) in [6.07, 6.45) is 1.91. The Hall–Kier alpha value is -3.57. The van der Waals surface area contributed by atoms with Gasteiger partial charge in [-0.25, -0.2) is 13.6 Å². The van der Waals surface area contributed by atoms with Gasteiger partial charge in [0, 0.05) is 38.2 Å². The molecule has 0 aliphatic heterocycles. The van der Waals surface area contributed by atoms with E-state index in [0.29, 0.717) is 49.1 Å². The van der Waals surface area contributed by atoms with Crippen LogP contribution in [0.4, 0.5) is 8.78 Å². The molecule has 11 heteroatoms. The van der Waals surface area contributed by atoms with E-state index >= 15 is 0 Å². The topological polar surface area (TPSA) is 94.9 Å². The molecule has 1 amide bonds. The summed E-state index contributed by atoms with van der Waals surface area (Å²) in [6, 6.07) is 5.13. The molecule has 0 radical (unpaired) electrons. The zero-order chi connectivity index (χ0) is 27.8. The Labute approximate surface area is 220 Å². The molecule has 0 fully saturated rings. The predicted molar refractivity (Wildman–Crippen MR) is 138 cm³/mol. The van der Waals surface area contributed by atoms with Gasteiger partial charge in [0.25, 0.3) is 5.91 Å². The molecule has 9 nitrogen and oxygen atoms in total. The van der Waals surface area contributed by atoms with E-state index in [-0.39, 0.29) is 23.5 Å². The van der Waals surface area contributed by atoms with Crippen molar-refractivity contribution >= 4 is 22.8 Å². The van der Waals surface area contributed by atoms with Gasteiger partial charge in [0.1, 0.15) is 17.6 Å². The van der Waals surface area contributed by atoms with Crippen molar-refractivity contribution < 1.29 is 32.6 Å². The van der Waals surface area contributed by atoms with Gasteiger partial charge in [-0.3, -0.25) is 9.48 Å². The molecule has 1 aromatic heterocycles. The van der Waals surface area contributed by atoms with Gasteiger partial charge in [-0.1, -0.05) is 13.8 Å². The molecule has 206 valence electrons. The molecule has 3 rings (SSSR count). The third kappa shape index (κ3) is 7.48. The summed E-state index contributed by atoms with van der Waals surface area (Å²) < 4.78 is 45.3. The fourth-order valence-electron chi connectivity index (χ4n) is 3.87. The van der Waals surface area contributed by atoms with E-state index in [1.165, 1.54) is 7.11 Å². The highest BCUT2D eigenvalue weighted by Crippen LogP contribution is 2.32. The van der Waals surface area contributed by atoms with E-state index in [0.717, 1.165) is 12.1 Å². The van der Waals surface area contributed by atoms with E-state index in [1.807, 2.05) is 25.8 Å². The van der Waals surface area contributed by atoms with Crippen molar-refractivity contribution in [3.8, 4) is 11.5 Å². The van der Waals surface area contributed by atoms with E-state index in [2.05, 4.69) is 10.4 Å². The SMILES string of the molecule is COCCN(C)CC[C@H](NC(=O)c1cc2c(cnn2CC(C)C)cc1Oc1ccc(F)cc1F)C(=O)OC. The maximum Gasteiger partial charge on any atom is 0.328 e. The molecule has 0 spiro atoms. The van der Waals surface area contributed by atoms with Gasteiger partial charge in [0.05, 0.1) is 31.0 Å². The molecule has 3 aromatic rings. The molecule has 0 saturated carbocycles. The van der Waals surface area contributed by atoms with Crippen LogP contribution in [0.5, 0.6) is 11.5 Å². The highest BCUT2D eigenvalue weighted by molar-refractivity contribution is 6.02. The molecule has 0 aliphatic rings. The Kier molecular flexibility index (Phi) is 10.1. The first-order valence-electron chi connectivity index (χ1n) is 12.3. The molecular weight excluding hydrogens is 498 g/mol. The normalized spacial score (nSPS) is 12.2. The van der Waals surface area contributed by atoms with Crippen molar-refractivity contribution in [2.75, 3.05) is 41.0 Å². The lowest BCUT2D eigenvalue weighted by Crippen LogP contribution is -2.43. The van der Waals surface area contributed by atoms with Crippen LogP contribution in [0.1, 0.15) is 30.6 Å². The van der Waals surface area contributed by atoms with Gasteiger partial charge >= 0.3 is 5.97 Å². The van der Waals surface area contributed by atoms with Crippen molar-refractivity contribution in [3.05, 3.63) is 53.7 Å². The second-order valence-electron chi connectivity index (χ2n) is 9.44. The summed E-state index contributed by atoms with van der Waals surface area (Å²) >= 11 is 0. The Morgan fingerprint density at radius 3 is 2.53 bits per heavy atom. The number of rotatable bonds is 13. The number of benzene rings is 2. The standard InChI is InChI=1S/C27H34F2N4O5/c1-17(2)16-33-23-14-20(26(34)31-22(27(35)37-5)8-9-32(3)10-11-36-4)25(12-18(23)15-30-33)38-24-7-6-19(28)13-21(24)29/h6-7,12-15,17,22H,8-11,16H2,1-5H3,(H,31,34)/t22-/m0/s1. The minimum absolute atomic E-state index is 0.0328. The fourth-order valence-corrected chi connectivity index (χ4v) is 3.87. The summed E-state index contributed by atoms with van der Waals surface area (Å²) in [7, 11) is 4.73. The molecule has 0 bridgehead atoms. The fraction of sp³-hybridized carbons (Fsp3) is 0.444. The number of carbonyl (C=O) groups excluding carboxylic acids is 2. The lowest BCUT2D eigenvalue weighted by Gasteiger charge is -2.21. The molecule has 38 heavy (non-hydrogen) atoms. The van der Waals surface area contributed by atoms with Gasteiger partial charge in [-0.15, -0.1) is 0 Å². The Morgan fingerprint density at radius 1 is 1.11 bits per heavy atom. The van der Waals surface area contributed by atoms with Crippen molar-refractivity contribution in [1.82, 2.24) is 20.0 Å². The number of amides is 1. The monoisotopic (exact) mass is 532 g/mol. The van der Waals surface area contributed by atoms with Crippen molar-refractivity contribution in [3.63, 3.8) is 0 Å². The van der Waals surface area contributed by atoms with Crippen LogP contribution in [0.2, 0.25) is 0 Å². The lowest BCUT2D eigenvalue weighted by atomic mass is 10.1. The largest absolute Gasteiger partial charge is 0.467 e. The molecule has 2 aromatic carbocycles. The van der Waals surface area contributed by atoms with Crippen LogP contribution in [0.15, 0.2) is 36.5 Å². The summed E-state index contributed by atoms with van der Waals surface area (Å²) in [6.45, 7) is 6.36. The van der Waals surface area contributed by atoms with Crippen LogP contribution in [-0.2, 0) is 20.8 Å². The van der Waals surface area contributed by atoms with Crippen molar-refractivity contribution in [1.29, 1.82) is 0 Å². The number of hydrogen-bond acceptors (Lipinski definition) is 7. The Morgan fingerprint density at radius 2 is 1.87 bits per heavy atom. The summed E-state index contributed by atoms with van der Waals surface area (Å²) in [5.41, 5.74) is 0.734. The molecule has 1 atom stereocenters. The van der Waals surface area contributed by atoms with E-state index in [4.69, 9.17) is 14.2 Å². The second-order valence-corrected chi connectivity index (χ2v) is 9.44. The van der Waals surface area contributed by atoms with E-state index in [1.54, 1.807) is 30.1 Å². The van der Waals surface area contributed by atoms with Crippen molar-refractivity contribution in [2.45, 2.75) is 32.9 Å². The van der Waals surface area contributed by atoms with Crippen LogP contribution in [0.3, 0.4) is 0 Å². The quantitative estimate of drug-likeness (QED) is 0.333. The number of ether oxygens (including phenoxy) is 3. The Bertz CT molecular complexity index is 1260. The van der Waals surface area contributed by atoms with Crippen LogP contribution in [-0.4, -0.2) is 73.6 Å². The third-order valence-electron chi connectivity index (χ3n) is 5.91. The number of likely N-dealkylation sites (N-methyl/N-ethyl adjacent to an activating group) is 1. The van der Waals surface area contributed by atoms with Crippen LogP contribution in [0.25, 0.3) is 10.9 Å². The lowest BCUT2D eigenvalue weighted by molar-refractivity contribution is -0.143. The van der Waals surface area contributed by atoms with Crippen LogP contribution >= 0.6 is 0 Å². The number of carbonyl (C=O) groups is 2. The summed E-state index contributed by atoms with van der Waals surface area (Å²) in [5.74, 6) is -2.82. The summed E-state index contributed by atoms with van der Waals surface area (Å²) in [4.78, 5) is 28.0. The van der Waals surface area contributed by atoms with E-state index < -0.39 is 29.6 Å². The average Bonchev–Trinajstić information content (AvgIpc) is 3.26. The molecule has 1 heterocycles. The number of fused-ring (bicyclic) bond motifs is 1. The number of hydrogen-bond donors (Lipinski definition) is 1. The molecular formula is C27H34F2N4O5. The van der Waals surface area contributed by atoms with Gasteiger partial charge in [-0.05, 0) is 43.7 Å². The van der Waals surface area contributed by atoms with Gasteiger partial charge in [0.15, 0.2) is 11.6 Å². The zero-order valence-electron chi connectivity index (χ0n) is 22.3. The minimum atomic E-state index is -0.941. The minimum Gasteiger partial charge on any atom is -0.467 e. The van der Waals surface area contributed by atoms with Gasteiger partial charge in [0.2, 0.25) is 0 Å². The highest BCUT2D eigenvalue weighted by Gasteiger charge is 2.26. The maximum atomic E-state index is 14.4. The number of esters is 1. The number of methoxy groups -OCH3 is 2. The van der Waals surface area contributed by atoms with Crippen molar-refractivity contribution in [2.24, 2.45) is 5.92 Å². The molecule has 1 N–H and O–H groups in total. The first kappa shape index (κ1) is 29.0. The van der Waals surface area contributed by atoms with Gasteiger partial charge < -0.3 is 24.4 Å². The third-order valence-corrected chi connectivity index (χ3v) is 5.91. The molecule has 0 aliphatic carbocycles. The predicted octanol–water partition coefficient (Wildman–Crippen LogP) is 4.00. The average molecular weight is 533 g/mol. The first-order valence-corrected chi connectivity index (χ1v) is 12.3. The highest BCUT2D eigenvalue weighted by atomic mass is 19.1. The van der Waals surface area contributed by atoms with E-state index in [9.17, 15) is 18.4 Å². The molecule has 0 saturated heterocycles. The number of nitrogens with zero attached hydrogens (tertiary/aromatic N) is 3. The maximum absolute atomic E-state index is 14.4. The van der Waals surface area contributed by atoms with Gasteiger partial charge in [-0.2, -0.15) is 5.10 Å². The smallest absolute Gasteiger partial charge is 0.328 e. The number of halogens is 2. The van der Waals surface area contributed by atoms with Crippen LogP contribution in [0, 0.1) is 17.6 Å². The first-order chi connectivity index (χ1) is 18.1. The zero-order valence-corrected chi connectivity index (χ0v) is 22.3. The van der Waals surface area contributed by atoms with Crippen LogP contribution < -0.4 is 10.1 Å². The Balaban J connectivity index is 1.96. The number of nitrogens with one attached hydrogen (secondary N) is 1. The summed E-state index contributed by atoms with van der Waals surface area (Å²) in [5, 5.41) is 7.80. The molecule has 0 unspecified atom stereocenters. The second kappa shape index (κ2) is 13.3.